The largest absolute Gasteiger partial charge is 0.492 e. The second-order valence-electron chi connectivity index (χ2n) is 6.56. The fourth-order valence-electron chi connectivity index (χ4n) is 2.82. The van der Waals surface area contributed by atoms with Crippen molar-refractivity contribution in [2.45, 2.75) is 13.5 Å². The number of halogens is 1. The highest BCUT2D eigenvalue weighted by molar-refractivity contribution is 5.87. The maximum atomic E-state index is 14.7. The van der Waals surface area contributed by atoms with E-state index >= 15 is 0 Å². The number of amides is 1. The molecule has 1 saturated heterocycles. The normalized spacial score (nSPS) is 13.6. The summed E-state index contributed by atoms with van der Waals surface area (Å²) in [5.74, 6) is 0.181. The lowest BCUT2D eigenvalue weighted by atomic mass is 9.99. The zero-order chi connectivity index (χ0) is 20.1. The molecule has 0 aliphatic carbocycles. The van der Waals surface area contributed by atoms with Gasteiger partial charge < -0.3 is 25.8 Å². The number of anilines is 1. The zero-order valence-electron chi connectivity index (χ0n) is 15.5. The summed E-state index contributed by atoms with van der Waals surface area (Å²) in [7, 11) is 0. The van der Waals surface area contributed by atoms with Gasteiger partial charge in [-0.15, -0.1) is 4.99 Å². The second-order valence-corrected chi connectivity index (χ2v) is 6.56. The molecule has 2 aromatic rings. The molecular formula is C19H22FN5O3. The van der Waals surface area contributed by atoms with Crippen LogP contribution in [-0.2, 0) is 11.3 Å². The molecule has 0 radical (unpaired) electrons. The lowest BCUT2D eigenvalue weighted by Crippen LogP contribution is -2.49. The SMILES string of the molecule is Cc1ccc(OCC2CN(c3cccc(COC(=O)N=C(N)N)c3F)C2)cn1. The minimum atomic E-state index is -0.962. The van der Waals surface area contributed by atoms with E-state index in [9.17, 15) is 9.18 Å². The first kappa shape index (κ1) is 19.4. The molecule has 1 aliphatic rings. The molecular weight excluding hydrogens is 365 g/mol. The van der Waals surface area contributed by atoms with Crippen molar-refractivity contribution < 1.29 is 18.7 Å². The van der Waals surface area contributed by atoms with Crippen LogP contribution in [0.3, 0.4) is 0 Å². The van der Waals surface area contributed by atoms with Crippen LogP contribution in [0.1, 0.15) is 11.3 Å². The molecule has 3 rings (SSSR count). The number of carbonyl (C=O) groups excluding carboxylic acids is 1. The predicted octanol–water partition coefficient (Wildman–Crippen LogP) is 1.95. The zero-order valence-corrected chi connectivity index (χ0v) is 15.5. The van der Waals surface area contributed by atoms with Crippen molar-refractivity contribution in [1.29, 1.82) is 0 Å². The Labute approximate surface area is 162 Å². The molecule has 28 heavy (non-hydrogen) atoms. The predicted molar refractivity (Wildman–Crippen MR) is 103 cm³/mol. The van der Waals surface area contributed by atoms with Gasteiger partial charge in [0.25, 0.3) is 0 Å². The molecule has 1 amide bonds. The minimum Gasteiger partial charge on any atom is -0.492 e. The molecule has 1 aliphatic heterocycles. The summed E-state index contributed by atoms with van der Waals surface area (Å²) in [6.45, 7) is 3.55. The first-order valence-electron chi connectivity index (χ1n) is 8.76. The molecule has 0 atom stereocenters. The van der Waals surface area contributed by atoms with Crippen LogP contribution in [0.15, 0.2) is 41.5 Å². The molecule has 2 heterocycles. The first-order valence-corrected chi connectivity index (χ1v) is 8.76. The molecule has 0 spiro atoms. The van der Waals surface area contributed by atoms with Crippen LogP contribution in [-0.4, -0.2) is 36.7 Å². The van der Waals surface area contributed by atoms with Crippen molar-refractivity contribution >= 4 is 17.7 Å². The highest BCUT2D eigenvalue weighted by Crippen LogP contribution is 2.29. The second kappa shape index (κ2) is 8.55. The third kappa shape index (κ3) is 4.87. The highest BCUT2D eigenvalue weighted by Gasteiger charge is 2.30. The van der Waals surface area contributed by atoms with Gasteiger partial charge >= 0.3 is 6.09 Å². The Morgan fingerprint density at radius 2 is 2.11 bits per heavy atom. The van der Waals surface area contributed by atoms with E-state index in [1.54, 1.807) is 24.4 Å². The maximum Gasteiger partial charge on any atom is 0.437 e. The quantitative estimate of drug-likeness (QED) is 0.575. The molecule has 8 nitrogen and oxygen atoms in total. The first-order chi connectivity index (χ1) is 13.4. The number of benzene rings is 1. The summed E-state index contributed by atoms with van der Waals surface area (Å²) in [6.07, 6.45) is 0.731. The Morgan fingerprint density at radius 1 is 1.32 bits per heavy atom. The number of aromatic nitrogens is 1. The van der Waals surface area contributed by atoms with E-state index in [-0.39, 0.29) is 12.2 Å². The van der Waals surface area contributed by atoms with E-state index < -0.39 is 17.9 Å². The summed E-state index contributed by atoms with van der Waals surface area (Å²) in [4.78, 5) is 20.7. The van der Waals surface area contributed by atoms with Gasteiger partial charge in [-0.05, 0) is 25.1 Å². The number of carbonyl (C=O) groups is 1. The van der Waals surface area contributed by atoms with Gasteiger partial charge in [0, 0.05) is 30.3 Å². The highest BCUT2D eigenvalue weighted by atomic mass is 19.1. The van der Waals surface area contributed by atoms with Crippen molar-refractivity contribution in [3.8, 4) is 5.75 Å². The Bertz CT molecular complexity index is 862. The van der Waals surface area contributed by atoms with Gasteiger partial charge in [0.05, 0.1) is 18.5 Å². The van der Waals surface area contributed by atoms with Crippen LogP contribution in [0, 0.1) is 18.7 Å². The topological polar surface area (TPSA) is 116 Å². The van der Waals surface area contributed by atoms with Crippen LogP contribution < -0.4 is 21.1 Å². The van der Waals surface area contributed by atoms with Crippen molar-refractivity contribution in [2.24, 2.45) is 22.4 Å². The number of pyridine rings is 1. The van der Waals surface area contributed by atoms with Crippen molar-refractivity contribution in [1.82, 2.24) is 4.98 Å². The summed E-state index contributed by atoms with van der Waals surface area (Å²) >= 11 is 0. The van der Waals surface area contributed by atoms with Gasteiger partial charge in [-0.25, -0.2) is 9.18 Å². The lowest BCUT2D eigenvalue weighted by Gasteiger charge is -2.41. The van der Waals surface area contributed by atoms with Crippen molar-refractivity contribution in [3.63, 3.8) is 0 Å². The number of guanidine groups is 1. The molecule has 0 saturated carbocycles. The van der Waals surface area contributed by atoms with Gasteiger partial charge in [0.15, 0.2) is 11.8 Å². The third-order valence-corrected chi connectivity index (χ3v) is 4.30. The van der Waals surface area contributed by atoms with Crippen molar-refractivity contribution in [2.75, 3.05) is 24.6 Å². The lowest BCUT2D eigenvalue weighted by molar-refractivity contribution is 0.149. The van der Waals surface area contributed by atoms with E-state index in [2.05, 4.69) is 9.98 Å². The third-order valence-electron chi connectivity index (χ3n) is 4.30. The van der Waals surface area contributed by atoms with Gasteiger partial charge in [0.2, 0.25) is 0 Å². The smallest absolute Gasteiger partial charge is 0.437 e. The number of ether oxygens (including phenoxy) is 2. The van der Waals surface area contributed by atoms with Crippen LogP contribution in [0.25, 0.3) is 0 Å². The number of nitrogens with zero attached hydrogens (tertiary/aromatic N) is 3. The van der Waals surface area contributed by atoms with Crippen LogP contribution >= 0.6 is 0 Å². The molecule has 1 aromatic carbocycles. The Hall–Kier alpha value is -3.36. The van der Waals surface area contributed by atoms with E-state index in [4.69, 9.17) is 20.9 Å². The number of hydrogen-bond acceptors (Lipinski definition) is 5. The molecule has 9 heteroatoms. The van der Waals surface area contributed by atoms with E-state index in [1.165, 1.54) is 0 Å². The van der Waals surface area contributed by atoms with E-state index in [0.29, 0.717) is 31.3 Å². The summed E-state index contributed by atoms with van der Waals surface area (Å²) in [5.41, 5.74) is 11.8. The van der Waals surface area contributed by atoms with E-state index in [1.807, 2.05) is 24.0 Å². The summed E-state index contributed by atoms with van der Waals surface area (Å²) in [5, 5.41) is 0. The molecule has 0 bridgehead atoms. The van der Waals surface area contributed by atoms with Gasteiger partial charge in [-0.2, -0.15) is 0 Å². The summed E-state index contributed by atoms with van der Waals surface area (Å²) < 4.78 is 25.3. The molecule has 4 N–H and O–H groups in total. The molecule has 1 fully saturated rings. The van der Waals surface area contributed by atoms with Gasteiger partial charge in [0.1, 0.15) is 12.4 Å². The van der Waals surface area contributed by atoms with Crippen molar-refractivity contribution in [3.05, 3.63) is 53.6 Å². The van der Waals surface area contributed by atoms with Crippen LogP contribution in [0.2, 0.25) is 0 Å². The van der Waals surface area contributed by atoms with Crippen LogP contribution in [0.4, 0.5) is 14.9 Å². The Kier molecular flexibility index (Phi) is 5.93. The van der Waals surface area contributed by atoms with Crippen LogP contribution in [0.5, 0.6) is 5.75 Å². The summed E-state index contributed by atoms with van der Waals surface area (Å²) in [6, 6.07) is 8.73. The number of rotatable bonds is 6. The Balaban J connectivity index is 1.52. The number of aryl methyl sites for hydroxylation is 1. The maximum absolute atomic E-state index is 14.7. The Morgan fingerprint density at radius 3 is 2.79 bits per heavy atom. The number of hydrogen-bond donors (Lipinski definition) is 2. The number of nitrogens with two attached hydrogens (primary N) is 2. The van der Waals surface area contributed by atoms with Gasteiger partial charge in [-0.3, -0.25) is 4.98 Å². The average molecular weight is 387 g/mol. The monoisotopic (exact) mass is 387 g/mol. The average Bonchev–Trinajstić information content (AvgIpc) is 2.61. The fourth-order valence-corrected chi connectivity index (χ4v) is 2.82. The molecule has 148 valence electrons. The van der Waals surface area contributed by atoms with Gasteiger partial charge in [-0.1, -0.05) is 12.1 Å². The van der Waals surface area contributed by atoms with E-state index in [0.717, 1.165) is 11.4 Å². The fraction of sp³-hybridized carbons (Fsp3) is 0.316. The molecule has 0 unspecified atom stereocenters. The number of aliphatic imine (C=N–C) groups is 1. The standard InChI is InChI=1S/C19H22FN5O3/c1-12-5-6-15(7-23-12)27-10-13-8-25(9-13)16-4-2-3-14(17(16)20)11-28-19(26)24-18(21)22/h2-7,13H,8-11H2,1H3,(H4,21,22,24,26). The molecule has 1 aromatic heterocycles. The minimum absolute atomic E-state index is 0.252.